The number of ether oxygens (including phenoxy) is 2. The summed E-state index contributed by atoms with van der Waals surface area (Å²) in [5.41, 5.74) is 4.07. The fourth-order valence-corrected chi connectivity index (χ4v) is 5.53. The predicted molar refractivity (Wildman–Crippen MR) is 170 cm³/mol. The number of urea groups is 1. The van der Waals surface area contributed by atoms with Crippen molar-refractivity contribution in [3.63, 3.8) is 0 Å². The SMILES string of the molecule is COc1ccccc1N1CCN(c2ccc(NC(=O)NCc3ccccc3)cc2C(=O)NCCCN2CCOCC2)CC1. The highest BCUT2D eigenvalue weighted by Crippen LogP contribution is 2.31. The van der Waals surface area contributed by atoms with Crippen LogP contribution in [-0.2, 0) is 11.3 Å². The van der Waals surface area contributed by atoms with Crippen LogP contribution in [0.25, 0.3) is 0 Å². The third kappa shape index (κ3) is 8.39. The lowest BCUT2D eigenvalue weighted by Gasteiger charge is -2.38. The van der Waals surface area contributed by atoms with Crippen LogP contribution in [0.2, 0.25) is 0 Å². The molecule has 0 aromatic heterocycles. The zero-order valence-electron chi connectivity index (χ0n) is 24.9. The summed E-state index contributed by atoms with van der Waals surface area (Å²) in [6, 6.07) is 23.1. The first-order chi connectivity index (χ1) is 21.1. The molecule has 228 valence electrons. The van der Waals surface area contributed by atoms with E-state index in [4.69, 9.17) is 9.47 Å². The van der Waals surface area contributed by atoms with Gasteiger partial charge >= 0.3 is 6.03 Å². The maximum absolute atomic E-state index is 13.6. The van der Waals surface area contributed by atoms with Crippen molar-refractivity contribution in [1.82, 2.24) is 15.5 Å². The van der Waals surface area contributed by atoms with Crippen molar-refractivity contribution in [2.45, 2.75) is 13.0 Å². The van der Waals surface area contributed by atoms with E-state index in [1.54, 1.807) is 13.2 Å². The molecule has 0 saturated carbocycles. The number of methoxy groups -OCH3 is 1. The fraction of sp³-hybridized carbons (Fsp3) is 0.394. The molecule has 5 rings (SSSR count). The fourth-order valence-electron chi connectivity index (χ4n) is 5.53. The van der Waals surface area contributed by atoms with Crippen molar-refractivity contribution >= 4 is 29.0 Å². The Balaban J connectivity index is 1.25. The number of rotatable bonds is 11. The van der Waals surface area contributed by atoms with Crippen molar-refractivity contribution in [3.8, 4) is 5.75 Å². The second kappa shape index (κ2) is 15.3. The summed E-state index contributed by atoms with van der Waals surface area (Å²) in [6.07, 6.45) is 0.860. The van der Waals surface area contributed by atoms with Crippen LogP contribution >= 0.6 is 0 Å². The number of piperazine rings is 1. The quantitative estimate of drug-likeness (QED) is 0.294. The average Bonchev–Trinajstić information content (AvgIpc) is 3.06. The van der Waals surface area contributed by atoms with Crippen molar-refractivity contribution in [2.24, 2.45) is 0 Å². The Morgan fingerprint density at radius 1 is 0.814 bits per heavy atom. The Kier molecular flexibility index (Phi) is 10.7. The molecule has 2 fully saturated rings. The lowest BCUT2D eigenvalue weighted by atomic mass is 10.1. The maximum atomic E-state index is 13.6. The molecule has 2 heterocycles. The van der Waals surface area contributed by atoms with Gasteiger partial charge in [0.2, 0.25) is 0 Å². The van der Waals surface area contributed by atoms with E-state index >= 15 is 0 Å². The number of hydrogen-bond donors (Lipinski definition) is 3. The minimum atomic E-state index is -0.320. The van der Waals surface area contributed by atoms with Gasteiger partial charge in [0.15, 0.2) is 0 Å². The summed E-state index contributed by atoms with van der Waals surface area (Å²) < 4.78 is 11.0. The Bertz CT molecular complexity index is 1340. The van der Waals surface area contributed by atoms with E-state index in [0.717, 1.165) is 88.1 Å². The second-order valence-corrected chi connectivity index (χ2v) is 10.7. The van der Waals surface area contributed by atoms with Crippen LogP contribution in [-0.4, -0.2) is 89.5 Å². The van der Waals surface area contributed by atoms with Crippen LogP contribution in [0.5, 0.6) is 5.75 Å². The Morgan fingerprint density at radius 2 is 1.51 bits per heavy atom. The molecular weight excluding hydrogens is 544 g/mol. The van der Waals surface area contributed by atoms with Gasteiger partial charge in [-0.15, -0.1) is 0 Å². The number of para-hydroxylation sites is 2. The Morgan fingerprint density at radius 3 is 2.26 bits per heavy atom. The third-order valence-electron chi connectivity index (χ3n) is 7.88. The number of anilines is 3. The van der Waals surface area contributed by atoms with Crippen LogP contribution < -0.4 is 30.5 Å². The van der Waals surface area contributed by atoms with E-state index in [1.807, 2.05) is 60.7 Å². The van der Waals surface area contributed by atoms with Crippen LogP contribution in [0, 0.1) is 0 Å². The van der Waals surface area contributed by atoms with Crippen molar-refractivity contribution in [2.75, 3.05) is 87.8 Å². The topological polar surface area (TPSA) is 98.4 Å². The smallest absolute Gasteiger partial charge is 0.319 e. The molecule has 10 nitrogen and oxygen atoms in total. The van der Waals surface area contributed by atoms with Crippen molar-refractivity contribution in [3.05, 3.63) is 83.9 Å². The van der Waals surface area contributed by atoms with Gasteiger partial charge in [-0.3, -0.25) is 9.69 Å². The van der Waals surface area contributed by atoms with E-state index in [1.165, 1.54) is 0 Å². The van der Waals surface area contributed by atoms with Crippen LogP contribution in [0.3, 0.4) is 0 Å². The van der Waals surface area contributed by atoms with Gasteiger partial charge in [-0.25, -0.2) is 4.79 Å². The van der Waals surface area contributed by atoms with Crippen LogP contribution in [0.15, 0.2) is 72.8 Å². The monoisotopic (exact) mass is 586 g/mol. The molecular formula is C33H42N6O4. The molecule has 3 N–H and O–H groups in total. The number of nitrogens with one attached hydrogen (secondary N) is 3. The first kappa shape index (κ1) is 30.2. The van der Waals surface area contributed by atoms with E-state index in [9.17, 15) is 9.59 Å². The second-order valence-electron chi connectivity index (χ2n) is 10.7. The van der Waals surface area contributed by atoms with E-state index in [2.05, 4.69) is 36.7 Å². The lowest BCUT2D eigenvalue weighted by molar-refractivity contribution is 0.0374. The van der Waals surface area contributed by atoms with E-state index in [0.29, 0.717) is 24.3 Å². The minimum absolute atomic E-state index is 0.141. The Hall–Kier alpha value is -4.28. The molecule has 0 spiro atoms. The van der Waals surface area contributed by atoms with E-state index < -0.39 is 0 Å². The third-order valence-corrected chi connectivity index (χ3v) is 7.88. The summed E-state index contributed by atoms with van der Waals surface area (Å²) in [4.78, 5) is 33.1. The summed E-state index contributed by atoms with van der Waals surface area (Å²) in [7, 11) is 1.69. The lowest BCUT2D eigenvalue weighted by Crippen LogP contribution is -2.47. The number of hydrogen-bond acceptors (Lipinski definition) is 7. The highest BCUT2D eigenvalue weighted by molar-refractivity contribution is 6.02. The first-order valence-corrected chi connectivity index (χ1v) is 15.0. The molecule has 0 aliphatic carbocycles. The number of carbonyl (C=O) groups excluding carboxylic acids is 2. The van der Waals surface area contributed by atoms with Crippen molar-refractivity contribution < 1.29 is 19.1 Å². The van der Waals surface area contributed by atoms with Gasteiger partial charge in [0.25, 0.3) is 5.91 Å². The zero-order chi connectivity index (χ0) is 29.9. The van der Waals surface area contributed by atoms with Gasteiger partial charge in [-0.1, -0.05) is 42.5 Å². The molecule has 2 saturated heterocycles. The number of morpholine rings is 1. The van der Waals surface area contributed by atoms with Crippen molar-refractivity contribution in [1.29, 1.82) is 0 Å². The zero-order valence-corrected chi connectivity index (χ0v) is 24.9. The molecule has 3 aromatic carbocycles. The van der Waals surface area contributed by atoms with Gasteiger partial charge in [0.1, 0.15) is 5.75 Å². The molecule has 0 atom stereocenters. The first-order valence-electron chi connectivity index (χ1n) is 15.0. The standard InChI is InChI=1S/C33H42N6O4/c1-42-31-11-6-5-10-30(31)39-18-16-38(17-19-39)29-13-12-27(36-33(41)35-25-26-8-3-2-4-9-26)24-28(29)32(40)34-14-7-15-37-20-22-43-23-21-37/h2-6,8-13,24H,7,14-23,25H2,1H3,(H,34,40)(H2,35,36,41). The van der Waals surface area contributed by atoms with Gasteiger partial charge < -0.3 is 35.2 Å². The summed E-state index contributed by atoms with van der Waals surface area (Å²) in [6.45, 7) is 8.38. The Labute approximate surface area is 253 Å². The molecule has 3 amide bonds. The highest BCUT2D eigenvalue weighted by Gasteiger charge is 2.24. The maximum Gasteiger partial charge on any atom is 0.319 e. The largest absolute Gasteiger partial charge is 0.495 e. The number of carbonyl (C=O) groups is 2. The van der Waals surface area contributed by atoms with Crippen LogP contribution in [0.1, 0.15) is 22.3 Å². The van der Waals surface area contributed by atoms with Gasteiger partial charge in [0.05, 0.1) is 31.6 Å². The molecule has 0 radical (unpaired) electrons. The highest BCUT2D eigenvalue weighted by atomic mass is 16.5. The van der Waals surface area contributed by atoms with E-state index in [-0.39, 0.29) is 11.9 Å². The number of benzene rings is 3. The number of amides is 3. The normalized spacial score (nSPS) is 15.6. The van der Waals surface area contributed by atoms with Gasteiger partial charge in [-0.2, -0.15) is 0 Å². The summed E-state index contributed by atoms with van der Waals surface area (Å²) in [5.74, 6) is 0.714. The van der Waals surface area contributed by atoms with Gasteiger partial charge in [0, 0.05) is 63.7 Å². The average molecular weight is 587 g/mol. The molecule has 2 aliphatic rings. The minimum Gasteiger partial charge on any atom is -0.495 e. The molecule has 3 aromatic rings. The van der Waals surface area contributed by atoms with Crippen LogP contribution in [0.4, 0.5) is 21.9 Å². The van der Waals surface area contributed by atoms with Gasteiger partial charge in [-0.05, 0) is 48.9 Å². The molecule has 43 heavy (non-hydrogen) atoms. The molecule has 2 aliphatic heterocycles. The predicted octanol–water partition coefficient (Wildman–Crippen LogP) is 3.80. The molecule has 10 heteroatoms. The molecule has 0 bridgehead atoms. The summed E-state index contributed by atoms with van der Waals surface area (Å²) in [5, 5.41) is 8.90. The summed E-state index contributed by atoms with van der Waals surface area (Å²) >= 11 is 0. The molecule has 0 unspecified atom stereocenters. The number of nitrogens with zero attached hydrogens (tertiary/aromatic N) is 3.